The normalized spacial score (nSPS) is 11.4. The smallest absolute Gasteiger partial charge is 0.254 e. The van der Waals surface area contributed by atoms with Gasteiger partial charge < -0.3 is 10.1 Å². The topological polar surface area (TPSA) is 103 Å². The highest BCUT2D eigenvalue weighted by Crippen LogP contribution is 2.30. The highest BCUT2D eigenvalue weighted by molar-refractivity contribution is 7.91. The Bertz CT molecular complexity index is 1370. The fourth-order valence-electron chi connectivity index (χ4n) is 2.95. The van der Waals surface area contributed by atoms with Gasteiger partial charge in [0.1, 0.15) is 5.75 Å². The van der Waals surface area contributed by atoms with Crippen molar-refractivity contribution in [3.63, 3.8) is 0 Å². The summed E-state index contributed by atoms with van der Waals surface area (Å²) in [4.78, 5) is 20.7. The van der Waals surface area contributed by atoms with Crippen LogP contribution in [0.2, 0.25) is 5.02 Å². The van der Waals surface area contributed by atoms with Crippen molar-refractivity contribution < 1.29 is 17.9 Å². The number of nitrogens with one attached hydrogen (secondary N) is 1. The van der Waals surface area contributed by atoms with Gasteiger partial charge in [0.2, 0.25) is 15.6 Å². The molecule has 0 radical (unpaired) electrons. The summed E-state index contributed by atoms with van der Waals surface area (Å²) in [5.41, 5.74) is 1.14. The molecule has 1 amide bonds. The van der Waals surface area contributed by atoms with Crippen LogP contribution < -0.4 is 10.1 Å². The van der Waals surface area contributed by atoms with E-state index < -0.39 is 9.84 Å². The Labute approximate surface area is 183 Å². The van der Waals surface area contributed by atoms with Crippen LogP contribution >= 0.6 is 11.6 Å². The Morgan fingerprint density at radius 2 is 1.87 bits per heavy atom. The summed E-state index contributed by atoms with van der Waals surface area (Å²) in [5, 5.41) is 3.12. The molecule has 0 bridgehead atoms. The maximum atomic E-state index is 12.9. The van der Waals surface area contributed by atoms with Gasteiger partial charge in [-0.25, -0.2) is 18.4 Å². The molecule has 0 aliphatic carbocycles. The molecule has 2 aromatic carbocycles. The number of ether oxygens (including phenoxy) is 1. The molecule has 10 heteroatoms. The molecule has 2 heterocycles. The number of rotatable bonds is 6. The van der Waals surface area contributed by atoms with Crippen molar-refractivity contribution in [1.29, 1.82) is 0 Å². The molecule has 8 nitrogen and oxygen atoms in total. The Balaban J connectivity index is 1.47. The van der Waals surface area contributed by atoms with E-state index in [2.05, 4.69) is 15.3 Å². The molecule has 0 saturated carbocycles. The highest BCUT2D eigenvalue weighted by atomic mass is 35.5. The Kier molecular flexibility index (Phi) is 5.62. The summed E-state index contributed by atoms with van der Waals surface area (Å²) in [5.74, 6) is 0.491. The lowest BCUT2D eigenvalue weighted by molar-refractivity contribution is 0.0950. The van der Waals surface area contributed by atoms with E-state index in [4.69, 9.17) is 16.3 Å². The van der Waals surface area contributed by atoms with E-state index in [0.717, 1.165) is 5.56 Å². The van der Waals surface area contributed by atoms with Gasteiger partial charge in [-0.15, -0.1) is 0 Å². The first-order chi connectivity index (χ1) is 14.9. The van der Waals surface area contributed by atoms with Gasteiger partial charge >= 0.3 is 0 Å². The number of amides is 1. The van der Waals surface area contributed by atoms with E-state index in [1.807, 2.05) is 0 Å². The van der Waals surface area contributed by atoms with E-state index >= 15 is 0 Å². The standard InChI is InChI=1S/C21H17ClN4O4S/c1-30-19-10-17(6-7-18(19)22)31(28,29)16-4-2-14(3-5-16)11-24-20(27)15-12-25-21-23-8-9-26(21)13-15/h2-10,12-13H,11H2,1H3,(H,24,27). The second-order valence-electron chi connectivity index (χ2n) is 6.60. The van der Waals surface area contributed by atoms with E-state index in [9.17, 15) is 13.2 Å². The molecule has 0 fully saturated rings. The highest BCUT2D eigenvalue weighted by Gasteiger charge is 2.19. The Hall–Kier alpha value is -3.43. The first-order valence-corrected chi connectivity index (χ1v) is 11.0. The van der Waals surface area contributed by atoms with Crippen LogP contribution in [0.4, 0.5) is 0 Å². The molecule has 31 heavy (non-hydrogen) atoms. The van der Waals surface area contributed by atoms with Crippen molar-refractivity contribution in [1.82, 2.24) is 19.7 Å². The average Bonchev–Trinajstić information content (AvgIpc) is 3.26. The molecule has 1 N–H and O–H groups in total. The van der Waals surface area contributed by atoms with Gasteiger partial charge in [0.15, 0.2) is 0 Å². The molecule has 158 valence electrons. The van der Waals surface area contributed by atoms with Gasteiger partial charge in [0, 0.05) is 37.4 Å². The monoisotopic (exact) mass is 456 g/mol. The summed E-state index contributed by atoms with van der Waals surface area (Å²) < 4.78 is 32.5. The van der Waals surface area contributed by atoms with Crippen LogP contribution in [-0.4, -0.2) is 35.8 Å². The number of hydrogen-bond donors (Lipinski definition) is 1. The quantitative estimate of drug-likeness (QED) is 0.478. The summed E-state index contributed by atoms with van der Waals surface area (Å²) in [7, 11) is -2.32. The minimum Gasteiger partial charge on any atom is -0.495 e. The fourth-order valence-corrected chi connectivity index (χ4v) is 4.42. The second kappa shape index (κ2) is 8.37. The molecule has 0 atom stereocenters. The number of imidazole rings is 1. The van der Waals surface area contributed by atoms with Gasteiger partial charge in [0.05, 0.1) is 27.5 Å². The van der Waals surface area contributed by atoms with Crippen molar-refractivity contribution in [3.05, 3.63) is 83.4 Å². The number of aromatic nitrogens is 3. The molecule has 2 aromatic heterocycles. The lowest BCUT2D eigenvalue weighted by Crippen LogP contribution is -2.23. The number of hydrogen-bond acceptors (Lipinski definition) is 6. The fraction of sp³-hybridized carbons (Fsp3) is 0.0952. The number of carbonyl (C=O) groups is 1. The van der Waals surface area contributed by atoms with Crippen LogP contribution in [0.15, 0.2) is 77.0 Å². The van der Waals surface area contributed by atoms with Gasteiger partial charge in [-0.2, -0.15) is 0 Å². The number of benzene rings is 2. The first-order valence-electron chi connectivity index (χ1n) is 9.13. The number of nitrogens with zero attached hydrogens (tertiary/aromatic N) is 3. The average molecular weight is 457 g/mol. The van der Waals surface area contributed by atoms with Crippen LogP contribution in [0.25, 0.3) is 5.78 Å². The third kappa shape index (κ3) is 4.23. The lowest BCUT2D eigenvalue weighted by Gasteiger charge is -2.09. The number of methoxy groups -OCH3 is 1. The van der Waals surface area contributed by atoms with E-state index in [1.54, 1.807) is 35.1 Å². The van der Waals surface area contributed by atoms with Crippen LogP contribution in [-0.2, 0) is 16.4 Å². The Morgan fingerprint density at radius 3 is 2.61 bits per heavy atom. The molecule has 0 aliphatic rings. The molecule has 4 aromatic rings. The lowest BCUT2D eigenvalue weighted by atomic mass is 10.2. The predicted molar refractivity (Wildman–Crippen MR) is 114 cm³/mol. The molecular formula is C21H17ClN4O4S. The van der Waals surface area contributed by atoms with Crippen molar-refractivity contribution in [3.8, 4) is 5.75 Å². The van der Waals surface area contributed by atoms with Crippen LogP contribution in [0, 0.1) is 0 Å². The molecule has 0 aliphatic heterocycles. The molecule has 0 spiro atoms. The summed E-state index contributed by atoms with van der Waals surface area (Å²) in [6.07, 6.45) is 6.39. The number of fused-ring (bicyclic) bond motifs is 1. The number of sulfone groups is 1. The van der Waals surface area contributed by atoms with E-state index in [1.165, 1.54) is 43.6 Å². The van der Waals surface area contributed by atoms with Gasteiger partial charge in [-0.05, 0) is 29.8 Å². The maximum Gasteiger partial charge on any atom is 0.254 e. The van der Waals surface area contributed by atoms with Crippen LogP contribution in [0.5, 0.6) is 5.75 Å². The maximum absolute atomic E-state index is 12.9. The largest absolute Gasteiger partial charge is 0.495 e. The molecule has 0 saturated heterocycles. The van der Waals surface area contributed by atoms with Gasteiger partial charge in [0.25, 0.3) is 5.91 Å². The van der Waals surface area contributed by atoms with Crippen molar-refractivity contribution in [2.45, 2.75) is 16.3 Å². The van der Waals surface area contributed by atoms with E-state index in [-0.39, 0.29) is 28.0 Å². The minimum absolute atomic E-state index is 0.0807. The summed E-state index contributed by atoms with van der Waals surface area (Å²) in [6.45, 7) is 0.232. The van der Waals surface area contributed by atoms with Gasteiger partial charge in [-0.3, -0.25) is 9.20 Å². The zero-order chi connectivity index (χ0) is 22.0. The summed E-state index contributed by atoms with van der Waals surface area (Å²) in [6, 6.07) is 10.6. The third-order valence-electron chi connectivity index (χ3n) is 4.63. The third-order valence-corrected chi connectivity index (χ3v) is 6.71. The predicted octanol–water partition coefficient (Wildman–Crippen LogP) is 3.15. The molecular weight excluding hydrogens is 440 g/mol. The van der Waals surface area contributed by atoms with Crippen molar-refractivity contribution in [2.24, 2.45) is 0 Å². The minimum atomic E-state index is -3.74. The Morgan fingerprint density at radius 1 is 1.13 bits per heavy atom. The van der Waals surface area contributed by atoms with Crippen molar-refractivity contribution >= 4 is 33.1 Å². The number of carbonyl (C=O) groups excluding carboxylic acids is 1. The molecule has 0 unspecified atom stereocenters. The van der Waals surface area contributed by atoms with E-state index in [0.29, 0.717) is 16.4 Å². The zero-order valence-electron chi connectivity index (χ0n) is 16.3. The molecule has 4 rings (SSSR count). The van der Waals surface area contributed by atoms with Crippen LogP contribution in [0.1, 0.15) is 15.9 Å². The van der Waals surface area contributed by atoms with Crippen molar-refractivity contribution in [2.75, 3.05) is 7.11 Å². The SMILES string of the molecule is COc1cc(S(=O)(=O)c2ccc(CNC(=O)c3cnc4nccn4c3)cc2)ccc1Cl. The number of halogens is 1. The van der Waals surface area contributed by atoms with Gasteiger partial charge in [-0.1, -0.05) is 23.7 Å². The van der Waals surface area contributed by atoms with Crippen LogP contribution in [0.3, 0.4) is 0 Å². The summed E-state index contributed by atoms with van der Waals surface area (Å²) >= 11 is 5.98. The second-order valence-corrected chi connectivity index (χ2v) is 8.96. The first kappa shape index (κ1) is 20.8. The zero-order valence-corrected chi connectivity index (χ0v) is 17.9.